The molecule has 0 radical (unpaired) electrons. The van der Waals surface area contributed by atoms with Crippen LogP contribution in [-0.4, -0.2) is 53.0 Å². The van der Waals surface area contributed by atoms with Crippen LogP contribution < -0.4 is 10.6 Å². The number of nitrogens with zero attached hydrogens (tertiary/aromatic N) is 1. The van der Waals surface area contributed by atoms with Gasteiger partial charge in [-0.3, -0.25) is 19.3 Å². The van der Waals surface area contributed by atoms with Gasteiger partial charge in [0.05, 0.1) is 17.1 Å². The minimum absolute atomic E-state index is 0.00140. The molecule has 1 aromatic carbocycles. The van der Waals surface area contributed by atoms with E-state index >= 15 is 0 Å². The lowest BCUT2D eigenvalue weighted by Gasteiger charge is -2.42. The predicted octanol–water partition coefficient (Wildman–Crippen LogP) is 2.36. The van der Waals surface area contributed by atoms with Crippen LogP contribution in [-0.2, 0) is 9.59 Å². The summed E-state index contributed by atoms with van der Waals surface area (Å²) >= 11 is 6.13. The highest BCUT2D eigenvalue weighted by atomic mass is 35.5. The summed E-state index contributed by atoms with van der Waals surface area (Å²) in [5.74, 6) is -0.708. The molecular weight excluding hydrogens is 370 g/mol. The molecule has 0 atom stereocenters. The van der Waals surface area contributed by atoms with Crippen LogP contribution in [0.4, 0.5) is 5.69 Å². The maximum atomic E-state index is 12.5. The molecule has 146 valence electrons. The summed E-state index contributed by atoms with van der Waals surface area (Å²) in [4.78, 5) is 36.8. The molecule has 2 aliphatic carbocycles. The zero-order valence-electron chi connectivity index (χ0n) is 15.2. The molecular formula is C19H24ClN3O4. The molecule has 2 fully saturated rings. The largest absolute Gasteiger partial charge is 0.480 e. The molecule has 7 nitrogen and oxygen atoms in total. The number of carbonyl (C=O) groups is 3. The van der Waals surface area contributed by atoms with Crippen LogP contribution in [0.2, 0.25) is 5.02 Å². The van der Waals surface area contributed by atoms with Crippen molar-refractivity contribution in [1.82, 2.24) is 10.2 Å². The Bertz CT molecular complexity index is 744. The SMILES string of the molecule is CC(=O)Nc1ccc(Cl)c(C(=O)NC2CC(N(CC(=O)O)CC3CC3)C2)c1. The van der Waals surface area contributed by atoms with Crippen LogP contribution >= 0.6 is 11.6 Å². The number of hydrogen-bond acceptors (Lipinski definition) is 4. The van der Waals surface area contributed by atoms with Crippen molar-refractivity contribution in [2.75, 3.05) is 18.4 Å². The molecule has 2 aliphatic rings. The quantitative estimate of drug-likeness (QED) is 0.629. The van der Waals surface area contributed by atoms with Crippen molar-refractivity contribution < 1.29 is 19.5 Å². The molecule has 27 heavy (non-hydrogen) atoms. The van der Waals surface area contributed by atoms with Crippen LogP contribution in [0.5, 0.6) is 0 Å². The zero-order chi connectivity index (χ0) is 19.6. The van der Waals surface area contributed by atoms with E-state index in [4.69, 9.17) is 16.7 Å². The summed E-state index contributed by atoms with van der Waals surface area (Å²) in [6.45, 7) is 2.27. The highest BCUT2D eigenvalue weighted by Crippen LogP contribution is 2.34. The van der Waals surface area contributed by atoms with E-state index < -0.39 is 5.97 Å². The molecule has 0 aromatic heterocycles. The van der Waals surface area contributed by atoms with E-state index in [-0.39, 0.29) is 30.4 Å². The number of hydrogen-bond donors (Lipinski definition) is 3. The number of rotatable bonds is 8. The van der Waals surface area contributed by atoms with Crippen molar-refractivity contribution >= 4 is 35.1 Å². The van der Waals surface area contributed by atoms with Gasteiger partial charge in [0.25, 0.3) is 5.91 Å². The Balaban J connectivity index is 1.55. The van der Waals surface area contributed by atoms with Crippen molar-refractivity contribution in [2.24, 2.45) is 5.92 Å². The van der Waals surface area contributed by atoms with Crippen molar-refractivity contribution in [1.29, 1.82) is 0 Å². The average molecular weight is 394 g/mol. The first-order chi connectivity index (χ1) is 12.8. The number of carboxylic acid groups (broad SMARTS) is 1. The number of nitrogens with one attached hydrogen (secondary N) is 2. The second kappa shape index (κ2) is 8.27. The van der Waals surface area contributed by atoms with Gasteiger partial charge < -0.3 is 15.7 Å². The van der Waals surface area contributed by atoms with Crippen LogP contribution in [0.25, 0.3) is 0 Å². The van der Waals surface area contributed by atoms with Gasteiger partial charge in [0.2, 0.25) is 5.91 Å². The number of benzene rings is 1. The van der Waals surface area contributed by atoms with Gasteiger partial charge >= 0.3 is 5.97 Å². The predicted molar refractivity (Wildman–Crippen MR) is 102 cm³/mol. The molecule has 3 rings (SSSR count). The lowest BCUT2D eigenvalue weighted by molar-refractivity contribution is -0.139. The van der Waals surface area contributed by atoms with Gasteiger partial charge in [0, 0.05) is 31.2 Å². The maximum absolute atomic E-state index is 12.5. The zero-order valence-corrected chi connectivity index (χ0v) is 16.0. The highest BCUT2D eigenvalue weighted by molar-refractivity contribution is 6.34. The topological polar surface area (TPSA) is 98.7 Å². The minimum atomic E-state index is -0.815. The van der Waals surface area contributed by atoms with Crippen LogP contribution in [0.3, 0.4) is 0 Å². The van der Waals surface area contributed by atoms with Gasteiger partial charge in [-0.2, -0.15) is 0 Å². The third kappa shape index (κ3) is 5.43. The van der Waals surface area contributed by atoms with E-state index in [2.05, 4.69) is 10.6 Å². The second-order valence-electron chi connectivity index (χ2n) is 7.44. The number of carbonyl (C=O) groups excluding carboxylic acids is 2. The molecule has 3 N–H and O–H groups in total. The first kappa shape index (κ1) is 19.6. The van der Waals surface area contributed by atoms with E-state index in [0.29, 0.717) is 22.2 Å². The van der Waals surface area contributed by atoms with Crippen molar-refractivity contribution in [3.8, 4) is 0 Å². The normalized spacial score (nSPS) is 21.4. The standard InChI is InChI=1S/C19H24ClN3O4/c1-11(24)21-13-4-5-17(20)16(8-13)19(27)22-14-6-15(7-14)23(10-18(25)26)9-12-2-3-12/h4-5,8,12,14-15H,2-3,6-7,9-10H2,1H3,(H,21,24)(H,22,27)(H,25,26). The number of halogens is 1. The van der Waals surface area contributed by atoms with Gasteiger partial charge in [-0.15, -0.1) is 0 Å². The van der Waals surface area contributed by atoms with Gasteiger partial charge in [-0.05, 0) is 49.8 Å². The summed E-state index contributed by atoms with van der Waals surface area (Å²) in [7, 11) is 0. The molecule has 0 unspecified atom stereocenters. The van der Waals surface area contributed by atoms with E-state index in [0.717, 1.165) is 19.4 Å². The van der Waals surface area contributed by atoms with Gasteiger partial charge in [-0.1, -0.05) is 11.6 Å². The molecule has 1 aromatic rings. The molecule has 0 heterocycles. The Morgan fingerprint density at radius 2 is 1.96 bits per heavy atom. The van der Waals surface area contributed by atoms with Gasteiger partial charge in [0.15, 0.2) is 0 Å². The Hall–Kier alpha value is -2.12. The van der Waals surface area contributed by atoms with E-state index in [1.807, 2.05) is 4.90 Å². The molecule has 0 saturated heterocycles. The third-order valence-corrected chi connectivity index (χ3v) is 5.35. The Morgan fingerprint density at radius 1 is 1.26 bits per heavy atom. The lowest BCUT2D eigenvalue weighted by atomic mass is 9.85. The number of anilines is 1. The smallest absolute Gasteiger partial charge is 0.317 e. The Morgan fingerprint density at radius 3 is 2.56 bits per heavy atom. The molecule has 2 amide bonds. The highest BCUT2D eigenvalue weighted by Gasteiger charge is 2.37. The van der Waals surface area contributed by atoms with Gasteiger partial charge in [-0.25, -0.2) is 0 Å². The lowest BCUT2D eigenvalue weighted by Crippen LogP contribution is -2.55. The Labute approximate surface area is 163 Å². The fourth-order valence-corrected chi connectivity index (χ4v) is 3.60. The number of amides is 2. The van der Waals surface area contributed by atoms with Crippen LogP contribution in [0, 0.1) is 5.92 Å². The summed E-state index contributed by atoms with van der Waals surface area (Å²) in [6.07, 6.45) is 3.81. The summed E-state index contributed by atoms with van der Waals surface area (Å²) < 4.78 is 0. The van der Waals surface area contributed by atoms with Crippen molar-refractivity contribution in [2.45, 2.75) is 44.7 Å². The first-order valence-corrected chi connectivity index (χ1v) is 9.53. The fourth-order valence-electron chi connectivity index (χ4n) is 3.40. The second-order valence-corrected chi connectivity index (χ2v) is 7.85. The molecule has 2 saturated carbocycles. The van der Waals surface area contributed by atoms with Crippen LogP contribution in [0.15, 0.2) is 18.2 Å². The fraction of sp³-hybridized carbons (Fsp3) is 0.526. The summed E-state index contributed by atoms with van der Waals surface area (Å²) in [5.41, 5.74) is 0.826. The minimum Gasteiger partial charge on any atom is -0.480 e. The van der Waals surface area contributed by atoms with Crippen molar-refractivity contribution in [3.63, 3.8) is 0 Å². The summed E-state index contributed by atoms with van der Waals surface area (Å²) in [6, 6.07) is 4.96. The first-order valence-electron chi connectivity index (χ1n) is 9.15. The number of carboxylic acids is 1. The van der Waals surface area contributed by atoms with Crippen LogP contribution in [0.1, 0.15) is 43.0 Å². The molecule has 0 spiro atoms. The molecule has 0 bridgehead atoms. The van der Waals surface area contributed by atoms with Crippen molar-refractivity contribution in [3.05, 3.63) is 28.8 Å². The summed E-state index contributed by atoms with van der Waals surface area (Å²) in [5, 5.41) is 15.0. The Kier molecular flexibility index (Phi) is 6.01. The van der Waals surface area contributed by atoms with E-state index in [1.165, 1.54) is 19.8 Å². The monoisotopic (exact) mass is 393 g/mol. The molecule has 0 aliphatic heterocycles. The van der Waals surface area contributed by atoms with Gasteiger partial charge in [0.1, 0.15) is 0 Å². The molecule has 8 heteroatoms. The number of aliphatic carboxylic acids is 1. The van der Waals surface area contributed by atoms with E-state index in [9.17, 15) is 14.4 Å². The van der Waals surface area contributed by atoms with E-state index in [1.54, 1.807) is 18.2 Å². The average Bonchev–Trinajstić information content (AvgIpc) is 3.34. The maximum Gasteiger partial charge on any atom is 0.317 e. The third-order valence-electron chi connectivity index (χ3n) is 5.02.